The van der Waals surface area contributed by atoms with Gasteiger partial charge in [-0.25, -0.2) is 0 Å². The van der Waals surface area contributed by atoms with E-state index < -0.39 is 4.92 Å². The average molecular weight is 292 g/mol. The molecule has 0 aromatic heterocycles. The number of hydrogen-bond donors (Lipinski definition) is 0. The van der Waals surface area contributed by atoms with E-state index >= 15 is 0 Å². The summed E-state index contributed by atoms with van der Waals surface area (Å²) in [6.07, 6.45) is 0.0826. The van der Waals surface area contributed by atoms with Crippen LogP contribution in [0.2, 0.25) is 5.02 Å². The van der Waals surface area contributed by atoms with Crippen LogP contribution in [0.15, 0.2) is 18.2 Å². The van der Waals surface area contributed by atoms with Crippen molar-refractivity contribution in [3.8, 4) is 5.75 Å². The Morgan fingerprint density at radius 2 is 2.22 bits per heavy atom. The van der Waals surface area contributed by atoms with Gasteiger partial charge in [0.25, 0.3) is 0 Å². The topological polar surface area (TPSA) is 61.6 Å². The molecule has 0 bridgehead atoms. The van der Waals surface area contributed by atoms with Crippen LogP contribution in [0.25, 0.3) is 0 Å². The van der Waals surface area contributed by atoms with Gasteiger partial charge in [0, 0.05) is 24.6 Å². The third kappa shape index (κ3) is 2.53. The molecule has 18 heavy (non-hydrogen) atoms. The molecule has 1 aliphatic rings. The first-order valence-electron chi connectivity index (χ1n) is 5.30. The van der Waals surface area contributed by atoms with Gasteiger partial charge in [-0.1, -0.05) is 11.6 Å². The van der Waals surface area contributed by atoms with Crippen LogP contribution >= 0.6 is 23.2 Å². The number of rotatable bonds is 4. The second-order valence-electron chi connectivity index (χ2n) is 3.98. The van der Waals surface area contributed by atoms with Gasteiger partial charge >= 0.3 is 5.69 Å². The molecule has 5 nitrogen and oxygen atoms in total. The summed E-state index contributed by atoms with van der Waals surface area (Å²) < 4.78 is 10.7. The highest BCUT2D eigenvalue weighted by molar-refractivity contribution is 6.30. The predicted octanol–water partition coefficient (Wildman–Crippen LogP) is 3.02. The molecule has 98 valence electrons. The lowest BCUT2D eigenvalue weighted by atomic mass is 9.91. The summed E-state index contributed by atoms with van der Waals surface area (Å²) in [4.78, 5) is 10.4. The Labute approximate surface area is 114 Å². The lowest BCUT2D eigenvalue weighted by Crippen LogP contribution is -2.52. The second kappa shape index (κ2) is 5.30. The van der Waals surface area contributed by atoms with Crippen molar-refractivity contribution in [3.05, 3.63) is 33.3 Å². The molecule has 0 aliphatic heterocycles. The van der Waals surface area contributed by atoms with Crippen molar-refractivity contribution in [2.24, 2.45) is 0 Å². The monoisotopic (exact) mass is 291 g/mol. The number of halogens is 2. The van der Waals surface area contributed by atoms with Gasteiger partial charge in [-0.05, 0) is 12.1 Å². The first kappa shape index (κ1) is 13.4. The minimum absolute atomic E-state index is 0.119. The number of benzene rings is 1. The van der Waals surface area contributed by atoms with Gasteiger partial charge in [0.2, 0.25) is 0 Å². The molecule has 3 atom stereocenters. The fraction of sp³-hybridized carbons (Fsp3) is 0.455. The van der Waals surface area contributed by atoms with E-state index in [4.69, 9.17) is 32.7 Å². The van der Waals surface area contributed by atoms with Crippen LogP contribution in [0.3, 0.4) is 0 Å². The fourth-order valence-corrected chi connectivity index (χ4v) is 2.44. The summed E-state index contributed by atoms with van der Waals surface area (Å²) in [5.41, 5.74) is -0.157. The highest BCUT2D eigenvalue weighted by Crippen LogP contribution is 2.36. The third-order valence-electron chi connectivity index (χ3n) is 2.85. The van der Waals surface area contributed by atoms with Gasteiger partial charge in [0.1, 0.15) is 12.2 Å². The van der Waals surface area contributed by atoms with E-state index in [0.29, 0.717) is 11.4 Å². The Morgan fingerprint density at radius 3 is 2.78 bits per heavy atom. The van der Waals surface area contributed by atoms with Crippen molar-refractivity contribution in [1.29, 1.82) is 0 Å². The maximum atomic E-state index is 10.9. The Balaban J connectivity index is 2.17. The van der Waals surface area contributed by atoms with Gasteiger partial charge in [0.15, 0.2) is 5.75 Å². The van der Waals surface area contributed by atoms with Crippen LogP contribution in [-0.2, 0) is 4.74 Å². The summed E-state index contributed by atoms with van der Waals surface area (Å²) >= 11 is 11.7. The van der Waals surface area contributed by atoms with Crippen molar-refractivity contribution in [2.75, 3.05) is 7.11 Å². The summed E-state index contributed by atoms with van der Waals surface area (Å²) in [6.45, 7) is 0. The molecule has 1 saturated carbocycles. The number of ether oxygens (including phenoxy) is 2. The van der Waals surface area contributed by atoms with Gasteiger partial charge in [-0.15, -0.1) is 11.6 Å². The molecule has 0 radical (unpaired) electrons. The molecule has 2 rings (SSSR count). The maximum absolute atomic E-state index is 10.9. The zero-order chi connectivity index (χ0) is 13.3. The van der Waals surface area contributed by atoms with E-state index in [0.717, 1.165) is 0 Å². The van der Waals surface area contributed by atoms with Gasteiger partial charge < -0.3 is 9.47 Å². The first-order chi connectivity index (χ1) is 8.52. The summed E-state index contributed by atoms with van der Waals surface area (Å²) in [5.74, 6) is 0.181. The molecule has 0 spiro atoms. The second-order valence-corrected chi connectivity index (χ2v) is 4.97. The van der Waals surface area contributed by atoms with Gasteiger partial charge in [-0.3, -0.25) is 10.1 Å². The lowest BCUT2D eigenvalue weighted by Gasteiger charge is -2.39. The number of methoxy groups -OCH3 is 1. The van der Waals surface area contributed by atoms with Crippen molar-refractivity contribution >= 4 is 28.9 Å². The van der Waals surface area contributed by atoms with Crippen molar-refractivity contribution < 1.29 is 14.4 Å². The van der Waals surface area contributed by atoms with Crippen molar-refractivity contribution in [3.63, 3.8) is 0 Å². The zero-order valence-corrected chi connectivity index (χ0v) is 11.0. The van der Waals surface area contributed by atoms with Gasteiger partial charge in [0.05, 0.1) is 10.3 Å². The van der Waals surface area contributed by atoms with Crippen LogP contribution in [0.5, 0.6) is 5.75 Å². The highest BCUT2D eigenvalue weighted by Gasteiger charge is 2.42. The molecule has 1 fully saturated rings. The SMILES string of the molecule is COC1C(Cl)CC1Oc1ccc(Cl)cc1[N+](=O)[O-]. The predicted molar refractivity (Wildman–Crippen MR) is 67.6 cm³/mol. The number of alkyl halides is 1. The summed E-state index contributed by atoms with van der Waals surface area (Å²) in [5, 5.41) is 11.1. The fourth-order valence-electron chi connectivity index (χ4n) is 1.84. The molecule has 1 aromatic rings. The molecule has 0 N–H and O–H groups in total. The van der Waals surface area contributed by atoms with Crippen LogP contribution < -0.4 is 4.74 Å². The van der Waals surface area contributed by atoms with E-state index in [2.05, 4.69) is 0 Å². The Morgan fingerprint density at radius 1 is 1.50 bits per heavy atom. The van der Waals surface area contributed by atoms with E-state index in [1.165, 1.54) is 19.2 Å². The third-order valence-corrected chi connectivity index (χ3v) is 3.51. The van der Waals surface area contributed by atoms with Crippen LogP contribution in [-0.4, -0.2) is 29.6 Å². The van der Waals surface area contributed by atoms with E-state index in [1.54, 1.807) is 6.07 Å². The average Bonchev–Trinajstić information content (AvgIpc) is 2.30. The lowest BCUT2D eigenvalue weighted by molar-refractivity contribution is -0.386. The molecule has 0 saturated heterocycles. The van der Waals surface area contributed by atoms with Crippen LogP contribution in [0.1, 0.15) is 6.42 Å². The maximum Gasteiger partial charge on any atom is 0.312 e. The molecule has 1 aromatic carbocycles. The minimum Gasteiger partial charge on any atom is -0.481 e. The first-order valence-corrected chi connectivity index (χ1v) is 6.12. The molecule has 3 unspecified atom stereocenters. The molecule has 7 heteroatoms. The Bertz CT molecular complexity index is 468. The highest BCUT2D eigenvalue weighted by atomic mass is 35.5. The Hall–Kier alpha value is -1.04. The summed E-state index contributed by atoms with van der Waals surface area (Å²) in [6, 6.07) is 4.28. The molecule has 0 amide bonds. The standard InChI is InChI=1S/C11H11Cl2NO4/c1-17-11-7(13)5-10(11)18-9-3-2-6(12)4-8(9)14(15)16/h2-4,7,10-11H,5H2,1H3. The van der Waals surface area contributed by atoms with E-state index in [-0.39, 0.29) is 29.0 Å². The normalized spacial score (nSPS) is 26.5. The van der Waals surface area contributed by atoms with Crippen molar-refractivity contribution in [1.82, 2.24) is 0 Å². The molecular formula is C11H11Cl2NO4. The Kier molecular flexibility index (Phi) is 3.94. The molecule has 0 heterocycles. The number of nitrogens with zero attached hydrogens (tertiary/aromatic N) is 1. The van der Waals surface area contributed by atoms with Crippen molar-refractivity contribution in [2.45, 2.75) is 24.0 Å². The summed E-state index contributed by atoms with van der Waals surface area (Å²) in [7, 11) is 1.53. The van der Waals surface area contributed by atoms with Gasteiger partial charge in [-0.2, -0.15) is 0 Å². The number of hydrogen-bond acceptors (Lipinski definition) is 4. The number of nitro groups is 1. The van der Waals surface area contributed by atoms with Crippen LogP contribution in [0.4, 0.5) is 5.69 Å². The molecular weight excluding hydrogens is 281 g/mol. The van der Waals surface area contributed by atoms with E-state index in [9.17, 15) is 10.1 Å². The minimum atomic E-state index is -0.528. The molecule has 1 aliphatic carbocycles. The van der Waals surface area contributed by atoms with Crippen LogP contribution in [0, 0.1) is 10.1 Å². The quantitative estimate of drug-likeness (QED) is 0.486. The number of nitro benzene ring substituents is 1. The zero-order valence-electron chi connectivity index (χ0n) is 9.51. The van der Waals surface area contributed by atoms with E-state index in [1.807, 2.05) is 0 Å². The smallest absolute Gasteiger partial charge is 0.312 e. The largest absolute Gasteiger partial charge is 0.481 e.